The van der Waals surface area contributed by atoms with Crippen molar-refractivity contribution in [3.8, 4) is 0 Å². The number of esters is 1. The van der Waals surface area contributed by atoms with Crippen molar-refractivity contribution in [2.24, 2.45) is 0 Å². The Morgan fingerprint density at radius 2 is 1.85 bits per heavy atom. The van der Waals surface area contributed by atoms with E-state index in [1.165, 1.54) is 19.1 Å². The first-order valence-corrected chi connectivity index (χ1v) is 6.44. The summed E-state index contributed by atoms with van der Waals surface area (Å²) in [7, 11) is 2.63. The van der Waals surface area contributed by atoms with Crippen molar-refractivity contribution < 1.29 is 19.1 Å². The van der Waals surface area contributed by atoms with E-state index in [2.05, 4.69) is 0 Å². The molecule has 1 heterocycles. The van der Waals surface area contributed by atoms with E-state index in [1.807, 2.05) is 38.1 Å². The summed E-state index contributed by atoms with van der Waals surface area (Å²) in [6.45, 7) is 4.47. The molecule has 1 amide bonds. The van der Waals surface area contributed by atoms with Crippen LogP contribution < -0.4 is 0 Å². The number of methoxy groups -OCH3 is 2. The Morgan fingerprint density at radius 3 is 2.45 bits per heavy atom. The van der Waals surface area contributed by atoms with Gasteiger partial charge in [-0.05, 0) is 11.1 Å². The third kappa shape index (κ3) is 2.24. The van der Waals surface area contributed by atoms with Crippen LogP contribution >= 0.6 is 0 Å². The third-order valence-electron chi connectivity index (χ3n) is 3.70. The predicted molar refractivity (Wildman–Crippen MR) is 73.3 cm³/mol. The minimum absolute atomic E-state index is 0.255. The fraction of sp³-hybridized carbons (Fsp3) is 0.467. The average molecular weight is 277 g/mol. The molecule has 5 nitrogen and oxygen atoms in total. The second-order valence-corrected chi connectivity index (χ2v) is 5.49. The van der Waals surface area contributed by atoms with Gasteiger partial charge >= 0.3 is 12.1 Å². The topological polar surface area (TPSA) is 55.8 Å². The Bertz CT molecular complexity index is 538. The lowest BCUT2D eigenvalue weighted by atomic mass is 9.76. The van der Waals surface area contributed by atoms with Gasteiger partial charge in [0.25, 0.3) is 0 Å². The SMILES string of the molecule is COC(=O)C1c2ccccc2C(C)(C)CN1C(=O)OC. The summed E-state index contributed by atoms with van der Waals surface area (Å²) < 4.78 is 9.65. The predicted octanol–water partition coefficient (Wildman–Crippen LogP) is 2.26. The zero-order valence-corrected chi connectivity index (χ0v) is 12.2. The summed E-state index contributed by atoms with van der Waals surface area (Å²) in [4.78, 5) is 25.5. The number of benzene rings is 1. The number of nitrogens with zero attached hydrogens (tertiary/aromatic N) is 1. The largest absolute Gasteiger partial charge is 0.467 e. The number of rotatable bonds is 1. The molecule has 0 radical (unpaired) electrons. The molecular formula is C15H19NO4. The molecule has 1 aliphatic heterocycles. The van der Waals surface area contributed by atoms with Crippen molar-refractivity contribution in [3.05, 3.63) is 35.4 Å². The molecule has 5 heteroatoms. The average Bonchev–Trinajstić information content (AvgIpc) is 2.45. The number of fused-ring (bicyclic) bond motifs is 1. The molecule has 0 aliphatic carbocycles. The molecule has 1 aliphatic rings. The monoisotopic (exact) mass is 277 g/mol. The van der Waals surface area contributed by atoms with Crippen LogP contribution in [0.4, 0.5) is 4.79 Å². The zero-order valence-electron chi connectivity index (χ0n) is 12.2. The normalized spacial score (nSPS) is 20.0. The highest BCUT2D eigenvalue weighted by Gasteiger charge is 2.44. The van der Waals surface area contributed by atoms with Crippen LogP contribution in [-0.2, 0) is 19.7 Å². The van der Waals surface area contributed by atoms with Crippen molar-refractivity contribution in [3.63, 3.8) is 0 Å². The number of ether oxygens (including phenoxy) is 2. The summed E-state index contributed by atoms with van der Waals surface area (Å²) in [5.74, 6) is -0.460. The molecule has 0 saturated carbocycles. The van der Waals surface area contributed by atoms with Crippen LogP contribution in [0.5, 0.6) is 0 Å². The zero-order chi connectivity index (χ0) is 14.9. The van der Waals surface area contributed by atoms with Gasteiger partial charge in [-0.2, -0.15) is 0 Å². The van der Waals surface area contributed by atoms with Gasteiger partial charge in [0.1, 0.15) is 0 Å². The van der Waals surface area contributed by atoms with Gasteiger partial charge in [-0.3, -0.25) is 4.90 Å². The standard InChI is InChI=1S/C15H19NO4/c1-15(2)9-16(14(18)20-4)12(13(17)19-3)10-7-5-6-8-11(10)15/h5-8,12H,9H2,1-4H3. The molecule has 1 aromatic carbocycles. The third-order valence-corrected chi connectivity index (χ3v) is 3.70. The lowest BCUT2D eigenvalue weighted by Gasteiger charge is -2.42. The van der Waals surface area contributed by atoms with Crippen molar-refractivity contribution in [2.45, 2.75) is 25.3 Å². The van der Waals surface area contributed by atoms with Gasteiger partial charge in [0, 0.05) is 12.0 Å². The smallest absolute Gasteiger partial charge is 0.410 e. The Balaban J connectivity index is 2.58. The molecule has 0 saturated heterocycles. The summed E-state index contributed by atoms with van der Waals surface area (Å²) in [5.41, 5.74) is 1.59. The fourth-order valence-corrected chi connectivity index (χ4v) is 2.78. The first-order valence-electron chi connectivity index (χ1n) is 6.44. The van der Waals surface area contributed by atoms with Crippen LogP contribution in [0, 0.1) is 0 Å². The molecule has 2 rings (SSSR count). The van der Waals surface area contributed by atoms with Gasteiger partial charge in [-0.15, -0.1) is 0 Å². The van der Waals surface area contributed by atoms with E-state index in [9.17, 15) is 9.59 Å². The second kappa shape index (κ2) is 5.15. The van der Waals surface area contributed by atoms with Gasteiger partial charge in [0.15, 0.2) is 6.04 Å². The van der Waals surface area contributed by atoms with Crippen LogP contribution in [0.25, 0.3) is 0 Å². The summed E-state index contributed by atoms with van der Waals surface area (Å²) in [6, 6.07) is 6.87. The van der Waals surface area contributed by atoms with Gasteiger partial charge in [0.05, 0.1) is 14.2 Å². The first-order chi connectivity index (χ1) is 9.42. The Kier molecular flexibility index (Phi) is 3.70. The fourth-order valence-electron chi connectivity index (χ4n) is 2.78. The molecular weight excluding hydrogens is 258 g/mol. The molecule has 1 atom stereocenters. The van der Waals surface area contributed by atoms with Crippen LogP contribution in [0.3, 0.4) is 0 Å². The molecule has 0 fully saturated rings. The van der Waals surface area contributed by atoms with E-state index >= 15 is 0 Å². The molecule has 0 bridgehead atoms. The molecule has 0 N–H and O–H groups in total. The van der Waals surface area contributed by atoms with Gasteiger partial charge in [-0.1, -0.05) is 38.1 Å². The van der Waals surface area contributed by atoms with E-state index in [0.29, 0.717) is 6.54 Å². The van der Waals surface area contributed by atoms with E-state index in [1.54, 1.807) is 0 Å². The summed E-state index contributed by atoms with van der Waals surface area (Å²) >= 11 is 0. The van der Waals surface area contributed by atoms with Crippen molar-refractivity contribution in [1.82, 2.24) is 4.90 Å². The van der Waals surface area contributed by atoms with E-state index in [0.717, 1.165) is 11.1 Å². The Hall–Kier alpha value is -2.04. The summed E-state index contributed by atoms with van der Waals surface area (Å²) in [6.07, 6.45) is -0.525. The molecule has 1 unspecified atom stereocenters. The maximum atomic E-state index is 12.1. The van der Waals surface area contributed by atoms with Crippen molar-refractivity contribution in [2.75, 3.05) is 20.8 Å². The number of hydrogen-bond acceptors (Lipinski definition) is 4. The molecule has 0 spiro atoms. The number of carbonyl (C=O) groups is 2. The Morgan fingerprint density at radius 1 is 1.20 bits per heavy atom. The lowest BCUT2D eigenvalue weighted by Crippen LogP contribution is -2.50. The van der Waals surface area contributed by atoms with Gasteiger partial charge in [0.2, 0.25) is 0 Å². The quantitative estimate of drug-likeness (QED) is 0.739. The highest BCUT2D eigenvalue weighted by atomic mass is 16.5. The summed E-state index contributed by atoms with van der Waals surface area (Å²) in [5, 5.41) is 0. The van der Waals surface area contributed by atoms with Crippen LogP contribution in [0.2, 0.25) is 0 Å². The number of hydrogen-bond donors (Lipinski definition) is 0. The van der Waals surface area contributed by atoms with Crippen LogP contribution in [0.15, 0.2) is 24.3 Å². The highest BCUT2D eigenvalue weighted by Crippen LogP contribution is 2.40. The first kappa shape index (κ1) is 14.4. The van der Waals surface area contributed by atoms with Crippen LogP contribution in [0.1, 0.15) is 31.0 Å². The second-order valence-electron chi connectivity index (χ2n) is 5.49. The molecule has 108 valence electrons. The highest BCUT2D eigenvalue weighted by molar-refractivity contribution is 5.84. The van der Waals surface area contributed by atoms with Gasteiger partial charge < -0.3 is 9.47 Å². The van der Waals surface area contributed by atoms with Crippen molar-refractivity contribution >= 4 is 12.1 Å². The molecule has 0 aromatic heterocycles. The minimum atomic E-state index is -0.753. The van der Waals surface area contributed by atoms with Gasteiger partial charge in [-0.25, -0.2) is 9.59 Å². The maximum absolute atomic E-state index is 12.1. The minimum Gasteiger partial charge on any atom is -0.467 e. The lowest BCUT2D eigenvalue weighted by molar-refractivity contribution is -0.147. The van der Waals surface area contributed by atoms with E-state index < -0.39 is 18.1 Å². The molecule has 20 heavy (non-hydrogen) atoms. The Labute approximate surface area is 118 Å². The number of amides is 1. The van der Waals surface area contributed by atoms with Crippen LogP contribution in [-0.4, -0.2) is 37.7 Å². The maximum Gasteiger partial charge on any atom is 0.410 e. The van der Waals surface area contributed by atoms with Crippen molar-refractivity contribution in [1.29, 1.82) is 0 Å². The van der Waals surface area contributed by atoms with E-state index in [-0.39, 0.29) is 5.41 Å². The number of carbonyl (C=O) groups excluding carboxylic acids is 2. The molecule has 1 aromatic rings. The van der Waals surface area contributed by atoms with E-state index in [4.69, 9.17) is 9.47 Å².